The van der Waals surface area contributed by atoms with Crippen LogP contribution in [0, 0.1) is 10.7 Å². The highest BCUT2D eigenvalue weighted by Crippen LogP contribution is 2.00. The van der Waals surface area contributed by atoms with Gasteiger partial charge in [0.2, 0.25) is 0 Å². The van der Waals surface area contributed by atoms with Gasteiger partial charge in [0.25, 0.3) is 0 Å². The van der Waals surface area contributed by atoms with E-state index in [0.29, 0.717) is 0 Å². The molecule has 0 aromatic heterocycles. The normalized spacial score (nSPS) is 8.64. The van der Waals surface area contributed by atoms with E-state index in [2.05, 4.69) is 29.2 Å². The number of hydrogen-bond donors (Lipinski definition) is 0. The van der Waals surface area contributed by atoms with Gasteiger partial charge >= 0.3 is 14.1 Å². The lowest BCUT2D eigenvalue weighted by Gasteiger charge is -1.91. The van der Waals surface area contributed by atoms with Crippen molar-refractivity contribution in [3.63, 3.8) is 0 Å². The summed E-state index contributed by atoms with van der Waals surface area (Å²) in [6, 6.07) is 0. The molecule has 0 aromatic rings. The standard InChI is InChI=1S/C8H13.2CH3.Al/c1-3-5-7-8-6-4-2;;;/h3,5-8H2,1H3;2*1H3;. The van der Waals surface area contributed by atoms with Gasteiger partial charge in [-0.15, -0.1) is 5.92 Å². The highest BCUT2D eigenvalue weighted by molar-refractivity contribution is 6.64. The van der Waals surface area contributed by atoms with Gasteiger partial charge in [0, 0.05) is 6.42 Å². The Labute approximate surface area is 75.8 Å². The molecule has 0 unspecified atom stereocenters. The van der Waals surface area contributed by atoms with Crippen LogP contribution in [0.2, 0.25) is 11.6 Å². The van der Waals surface area contributed by atoms with Gasteiger partial charge in [0.15, 0.2) is 0 Å². The second-order valence-electron chi connectivity index (χ2n) is 3.29. The van der Waals surface area contributed by atoms with Crippen LogP contribution in [-0.2, 0) is 0 Å². The summed E-state index contributed by atoms with van der Waals surface area (Å²) in [5.74, 6) is 7.81. The van der Waals surface area contributed by atoms with E-state index in [4.69, 9.17) is 0 Å². The van der Waals surface area contributed by atoms with Crippen molar-refractivity contribution in [2.24, 2.45) is 0 Å². The molecule has 0 amide bonds. The fourth-order valence-electron chi connectivity index (χ4n) is 0.916. The van der Waals surface area contributed by atoms with Gasteiger partial charge in [0.1, 0.15) is 0 Å². The first kappa shape index (κ1) is 11.1. The minimum Gasteiger partial charge on any atom is -0.205 e. The predicted molar refractivity (Wildman–Crippen MR) is 54.0 cm³/mol. The minimum atomic E-state index is -0.590. The van der Waals surface area contributed by atoms with Crippen LogP contribution in [0.4, 0.5) is 0 Å². The van der Waals surface area contributed by atoms with E-state index >= 15 is 0 Å². The Kier molecular flexibility index (Phi) is 8.26. The number of unbranched alkanes of at least 4 members (excludes halogenated alkanes) is 4. The first-order chi connectivity index (χ1) is 5.27. The third kappa shape index (κ3) is 10.1. The molecule has 0 atom stereocenters. The molecule has 0 nitrogen and oxygen atoms in total. The maximum Gasteiger partial charge on any atom is 0.369 e. The largest absolute Gasteiger partial charge is 0.369 e. The molecule has 11 heavy (non-hydrogen) atoms. The van der Waals surface area contributed by atoms with Gasteiger partial charge in [0.05, 0.1) is 0 Å². The maximum atomic E-state index is 3.31. The fourth-order valence-corrected chi connectivity index (χ4v) is 1.47. The fraction of sp³-hybridized carbons (Fsp3) is 0.800. The van der Waals surface area contributed by atoms with Crippen molar-refractivity contribution in [1.29, 1.82) is 0 Å². The Morgan fingerprint density at radius 1 is 1.09 bits per heavy atom. The summed E-state index contributed by atoms with van der Waals surface area (Å²) in [7, 11) is 0. The molecule has 0 saturated heterocycles. The maximum absolute atomic E-state index is 3.31. The molecule has 0 rings (SSSR count). The van der Waals surface area contributed by atoms with Crippen LogP contribution in [0.1, 0.15) is 39.0 Å². The number of hydrogen-bond acceptors (Lipinski definition) is 0. The molecule has 0 heterocycles. The summed E-state index contributed by atoms with van der Waals surface area (Å²) in [6.07, 6.45) is 6.51. The third-order valence-corrected chi connectivity index (χ3v) is 2.33. The Bertz CT molecular complexity index is 128. The van der Waals surface area contributed by atoms with Crippen molar-refractivity contribution >= 4 is 14.1 Å². The predicted octanol–water partition coefficient (Wildman–Crippen LogP) is 3.25. The smallest absolute Gasteiger partial charge is 0.205 e. The van der Waals surface area contributed by atoms with Crippen LogP contribution in [0.25, 0.3) is 0 Å². The van der Waals surface area contributed by atoms with Crippen molar-refractivity contribution in [3.8, 4) is 10.7 Å². The Hall–Kier alpha value is 0.0925. The lowest BCUT2D eigenvalue weighted by Crippen LogP contribution is -1.92. The molecule has 0 aliphatic rings. The van der Waals surface area contributed by atoms with Crippen LogP contribution in [0.5, 0.6) is 0 Å². The lowest BCUT2D eigenvalue weighted by molar-refractivity contribution is 0.680. The van der Waals surface area contributed by atoms with Gasteiger partial charge in [-0.2, -0.15) is 0 Å². The average molecular weight is 166 g/mol. The Balaban J connectivity index is 3.09. The molecule has 0 saturated carbocycles. The molecule has 0 aliphatic heterocycles. The summed E-state index contributed by atoms with van der Waals surface area (Å²) in [4.78, 5) is 3.31. The van der Waals surface area contributed by atoms with Crippen LogP contribution < -0.4 is 0 Å². The molecule has 0 bridgehead atoms. The molecule has 0 fully saturated rings. The molecule has 0 spiro atoms. The summed E-state index contributed by atoms with van der Waals surface area (Å²) in [5, 5.41) is 0. The van der Waals surface area contributed by atoms with Crippen molar-refractivity contribution in [2.45, 2.75) is 50.6 Å². The minimum absolute atomic E-state index is 0.590. The molecular formula is C10H19Al. The van der Waals surface area contributed by atoms with E-state index in [1.807, 2.05) is 0 Å². The van der Waals surface area contributed by atoms with Gasteiger partial charge < -0.3 is 0 Å². The highest BCUT2D eigenvalue weighted by Gasteiger charge is 1.92. The quantitative estimate of drug-likeness (QED) is 0.341. The zero-order valence-corrected chi connectivity index (χ0v) is 9.27. The molecule has 62 valence electrons. The van der Waals surface area contributed by atoms with Gasteiger partial charge in [-0.05, 0) is 6.42 Å². The first-order valence-corrected chi connectivity index (χ1v) is 7.64. The molecular weight excluding hydrogens is 147 g/mol. The Morgan fingerprint density at radius 2 is 1.82 bits per heavy atom. The monoisotopic (exact) mass is 166 g/mol. The second kappa shape index (κ2) is 8.19. The summed E-state index contributed by atoms with van der Waals surface area (Å²) in [6.45, 7) is 2.24. The van der Waals surface area contributed by atoms with Gasteiger partial charge in [-0.3, -0.25) is 0 Å². The van der Waals surface area contributed by atoms with Crippen molar-refractivity contribution in [1.82, 2.24) is 0 Å². The zero-order chi connectivity index (χ0) is 8.53. The van der Waals surface area contributed by atoms with E-state index in [1.165, 1.54) is 25.7 Å². The van der Waals surface area contributed by atoms with Crippen LogP contribution in [0.3, 0.4) is 0 Å². The van der Waals surface area contributed by atoms with Crippen LogP contribution >= 0.6 is 0 Å². The highest BCUT2D eigenvalue weighted by atomic mass is 27.2. The average Bonchev–Trinajstić information content (AvgIpc) is 1.96. The topological polar surface area (TPSA) is 0 Å². The van der Waals surface area contributed by atoms with E-state index in [-0.39, 0.29) is 0 Å². The zero-order valence-electron chi connectivity index (χ0n) is 8.11. The molecule has 0 N–H and O–H groups in total. The van der Waals surface area contributed by atoms with Gasteiger partial charge in [-0.25, -0.2) is 4.78 Å². The molecule has 0 radical (unpaired) electrons. The van der Waals surface area contributed by atoms with E-state index < -0.39 is 14.1 Å². The lowest BCUT2D eigenvalue weighted by atomic mass is 10.2. The molecule has 1 heteroatoms. The van der Waals surface area contributed by atoms with E-state index in [9.17, 15) is 0 Å². The third-order valence-electron chi connectivity index (χ3n) is 1.55. The Morgan fingerprint density at radius 3 is 2.36 bits per heavy atom. The van der Waals surface area contributed by atoms with Crippen molar-refractivity contribution in [3.05, 3.63) is 0 Å². The number of rotatable bonds is 4. The van der Waals surface area contributed by atoms with Crippen LogP contribution in [0.15, 0.2) is 0 Å². The SMILES string of the molecule is CCCCCCC#[C][Al]([CH3])[CH3]. The van der Waals surface area contributed by atoms with Crippen LogP contribution in [-0.4, -0.2) is 14.1 Å². The first-order valence-electron chi connectivity index (χ1n) is 4.75. The summed E-state index contributed by atoms with van der Waals surface area (Å²) in [5.41, 5.74) is 0. The second-order valence-corrected chi connectivity index (χ2v) is 5.88. The molecule has 0 aliphatic carbocycles. The van der Waals surface area contributed by atoms with E-state index in [0.717, 1.165) is 6.42 Å². The van der Waals surface area contributed by atoms with Crippen molar-refractivity contribution < 1.29 is 0 Å². The van der Waals surface area contributed by atoms with Gasteiger partial charge in [-0.1, -0.05) is 37.8 Å². The summed E-state index contributed by atoms with van der Waals surface area (Å²) >= 11 is -0.590. The van der Waals surface area contributed by atoms with E-state index in [1.54, 1.807) is 0 Å². The molecule has 0 aromatic carbocycles. The summed E-state index contributed by atoms with van der Waals surface area (Å²) < 4.78 is 0. The van der Waals surface area contributed by atoms with Crippen molar-refractivity contribution in [2.75, 3.05) is 0 Å².